The van der Waals surface area contributed by atoms with E-state index in [2.05, 4.69) is 16.0 Å². The number of hydrogen-bond donors (Lipinski definition) is 3. The minimum atomic E-state index is -4.74. The van der Waals surface area contributed by atoms with Crippen LogP contribution in [0.15, 0.2) is 18.2 Å². The monoisotopic (exact) mass is 1430 g/mol. The number of benzene rings is 1. The zero-order valence-electron chi connectivity index (χ0n) is 61.3. The van der Waals surface area contributed by atoms with Crippen LogP contribution in [-0.4, -0.2) is 251 Å². The fourth-order valence-corrected chi connectivity index (χ4v) is 14.8. The maximum atomic E-state index is 15.1. The summed E-state index contributed by atoms with van der Waals surface area (Å²) in [6.07, 6.45) is 3.95. The number of rotatable bonds is 12. The summed E-state index contributed by atoms with van der Waals surface area (Å²) in [6.45, 7) is 13.2. The van der Waals surface area contributed by atoms with E-state index in [1.807, 2.05) is 34.6 Å². The van der Waals surface area contributed by atoms with E-state index in [4.69, 9.17) is 11.6 Å². The van der Waals surface area contributed by atoms with Crippen molar-refractivity contribution in [2.75, 3.05) is 81.6 Å². The maximum absolute atomic E-state index is 15.1. The number of fused-ring (bicyclic) bond motifs is 2. The number of halogens is 4. The van der Waals surface area contributed by atoms with Crippen molar-refractivity contribution in [1.82, 2.24) is 60.0 Å². The van der Waals surface area contributed by atoms with E-state index in [1.165, 1.54) is 89.6 Å². The number of alkyl halides is 3. The van der Waals surface area contributed by atoms with Gasteiger partial charge in [0.25, 0.3) is 0 Å². The number of carbonyl (C=O) groups is 12. The number of nitrogens with zero attached hydrogens (tertiary/aromatic N) is 9. The van der Waals surface area contributed by atoms with Crippen LogP contribution in [0.3, 0.4) is 0 Å². The first-order valence-corrected chi connectivity index (χ1v) is 36.7. The van der Waals surface area contributed by atoms with E-state index in [0.717, 1.165) is 55.6 Å². The van der Waals surface area contributed by atoms with Crippen molar-refractivity contribution < 1.29 is 70.7 Å². The molecule has 100 heavy (non-hydrogen) atoms. The molecule has 5 fully saturated rings. The van der Waals surface area contributed by atoms with Crippen molar-refractivity contribution in [2.24, 2.45) is 23.7 Å². The largest absolute Gasteiger partial charge is 0.417 e. The highest BCUT2D eigenvalue weighted by Crippen LogP contribution is 2.36. The lowest BCUT2D eigenvalue weighted by Crippen LogP contribution is -2.65. The van der Waals surface area contributed by atoms with Crippen molar-refractivity contribution in [3.8, 4) is 0 Å². The van der Waals surface area contributed by atoms with Crippen molar-refractivity contribution in [1.29, 1.82) is 0 Å². The third kappa shape index (κ3) is 20.8. The van der Waals surface area contributed by atoms with E-state index in [1.54, 1.807) is 11.8 Å². The van der Waals surface area contributed by atoms with Crippen molar-refractivity contribution >= 4 is 82.5 Å². The number of amides is 12. The molecule has 28 heteroatoms. The molecule has 1 aliphatic carbocycles. The molecule has 560 valence electrons. The Morgan fingerprint density at radius 1 is 0.610 bits per heavy atom. The molecule has 6 rings (SSSR count). The summed E-state index contributed by atoms with van der Waals surface area (Å²) in [5.74, 6) is -7.97. The highest BCUT2D eigenvalue weighted by Gasteiger charge is 2.47. The standard InChI is InChI=1S/C72H112ClF3N12O12/c1-14-45(5)61-70(99)81(9)47(7)65(94)88-38-33-54(88)68(97)83(11)56(41-48-25-18-16-19-26-48)67(96)80(8)43-58(89)78-52(32-30-49-29-31-50(51(73)40-49)72(74,75)76)66(95)87-37-24-27-53(87)63(92)77-34-21-20-28-59(90)85(13)62(46(6)15-2)71(100)84(12)57(69(98)86-35-22-17-23-36-86)42-60(91)82(10)55(39-44(3)4)64(93)79-61/h29,31,40,44-48,52-57,61-62H,14-28,30,32-39,41-43H2,1-13H3,(H,77,92)(H,78,89)(H,79,93)/t45-,46-,47-,52-,53-,54-,55-,56-,57-,61-,62?/m0/s1. The van der Waals surface area contributed by atoms with E-state index in [-0.39, 0.29) is 82.8 Å². The predicted octanol–water partition coefficient (Wildman–Crippen LogP) is 6.28. The van der Waals surface area contributed by atoms with Gasteiger partial charge in [-0.15, -0.1) is 0 Å². The second-order valence-corrected chi connectivity index (χ2v) is 29.6. The topological polar surface area (TPSA) is 270 Å². The van der Waals surface area contributed by atoms with E-state index >= 15 is 4.79 Å². The molecule has 11 atom stereocenters. The molecule has 0 radical (unpaired) electrons. The van der Waals surface area contributed by atoms with Crippen molar-refractivity contribution in [3.63, 3.8) is 0 Å². The number of aryl methyl sites for hydroxylation is 1. The second kappa shape index (κ2) is 37.2. The Balaban J connectivity index is 1.35. The molecule has 0 aromatic heterocycles. The van der Waals surface area contributed by atoms with E-state index in [9.17, 15) is 65.9 Å². The first-order chi connectivity index (χ1) is 47.1. The molecule has 24 nitrogen and oxygen atoms in total. The summed E-state index contributed by atoms with van der Waals surface area (Å²) in [5.41, 5.74) is -0.728. The van der Waals surface area contributed by atoms with Crippen LogP contribution in [0.2, 0.25) is 5.02 Å². The predicted molar refractivity (Wildman–Crippen MR) is 371 cm³/mol. The third-order valence-electron chi connectivity index (χ3n) is 21.7. The number of piperidine rings is 1. The molecule has 1 aromatic rings. The number of nitrogens with one attached hydrogen (secondary N) is 3. The van der Waals surface area contributed by atoms with Crippen LogP contribution >= 0.6 is 11.6 Å². The number of likely N-dealkylation sites (N-methyl/N-ethyl adjacent to an activating group) is 6. The number of carbonyl (C=O) groups excluding carboxylic acids is 12. The lowest BCUT2D eigenvalue weighted by molar-refractivity contribution is -0.160. The highest BCUT2D eigenvalue weighted by atomic mass is 35.5. The molecule has 4 heterocycles. The van der Waals surface area contributed by atoms with Crippen LogP contribution < -0.4 is 16.0 Å². The van der Waals surface area contributed by atoms with Crippen LogP contribution in [0.5, 0.6) is 0 Å². The van der Waals surface area contributed by atoms with Gasteiger partial charge >= 0.3 is 6.18 Å². The number of hydrogen-bond acceptors (Lipinski definition) is 12. The third-order valence-corrected chi connectivity index (χ3v) is 22.0. The normalized spacial score (nSPS) is 27.2. The van der Waals surface area contributed by atoms with Gasteiger partial charge in [-0.2, -0.15) is 13.2 Å². The molecular formula is C72H112ClF3N12O12. The maximum Gasteiger partial charge on any atom is 0.417 e. The first-order valence-electron chi connectivity index (χ1n) is 36.3. The molecule has 1 aromatic carbocycles. The lowest BCUT2D eigenvalue weighted by atomic mass is 9.84. The van der Waals surface area contributed by atoms with Gasteiger partial charge in [-0.05, 0) is 125 Å². The Labute approximate surface area is 594 Å². The molecule has 0 spiro atoms. The Hall–Kier alpha value is -7.06. The van der Waals surface area contributed by atoms with Gasteiger partial charge in [0.2, 0.25) is 70.9 Å². The van der Waals surface area contributed by atoms with Crippen LogP contribution in [0.1, 0.15) is 188 Å². The lowest BCUT2D eigenvalue weighted by Gasteiger charge is -2.45. The van der Waals surface area contributed by atoms with Crippen LogP contribution in [0.4, 0.5) is 13.2 Å². The molecule has 1 unspecified atom stereocenters. The molecule has 5 aliphatic rings. The molecule has 1 saturated carbocycles. The fraction of sp³-hybridized carbons (Fsp3) is 0.750. The molecular weight excluding hydrogens is 1320 g/mol. The Bertz CT molecular complexity index is 3070. The minimum Gasteiger partial charge on any atom is -0.354 e. The van der Waals surface area contributed by atoms with Gasteiger partial charge in [0.1, 0.15) is 54.4 Å². The molecule has 4 aliphatic heterocycles. The zero-order chi connectivity index (χ0) is 74.2. The Morgan fingerprint density at radius 2 is 1.25 bits per heavy atom. The quantitative estimate of drug-likeness (QED) is 0.209. The SMILES string of the molecule is CC[C@H](C)C1C(=O)N(C)[C@H](C(=O)N2CCCCC2)CC(=O)N(C)[C@@H](CC(C)C)C(=O)N[C@@H]([C@@H](C)CC)C(=O)N(C)[C@@H](C)C(=O)N2CC[C@H]2C(=O)N(C)[C@@H](CC2CCCCC2)C(=O)N(C)CC(=O)N[C@@H](CCc2ccc(C(F)(F)F)c(Cl)c2)C(=O)N2CCC[C@H]2C(=O)NCCCCC(=O)N1C. The average molecular weight is 1430 g/mol. The summed E-state index contributed by atoms with van der Waals surface area (Å²) in [6, 6.07) is -7.23. The summed E-state index contributed by atoms with van der Waals surface area (Å²) in [4.78, 5) is 188. The fourth-order valence-electron chi connectivity index (χ4n) is 14.5. The zero-order valence-corrected chi connectivity index (χ0v) is 62.0. The number of likely N-dealkylation sites (tertiary alicyclic amines) is 1. The highest BCUT2D eigenvalue weighted by molar-refractivity contribution is 6.31. The van der Waals surface area contributed by atoms with E-state index in [0.29, 0.717) is 57.2 Å². The summed E-state index contributed by atoms with van der Waals surface area (Å²) in [5, 5.41) is 8.03. The van der Waals surface area contributed by atoms with Crippen LogP contribution in [0, 0.1) is 23.7 Å². The Morgan fingerprint density at radius 3 is 1.85 bits per heavy atom. The van der Waals surface area contributed by atoms with Gasteiger partial charge in [-0.3, -0.25) is 57.5 Å². The van der Waals surface area contributed by atoms with Gasteiger partial charge in [-0.25, -0.2) is 0 Å². The first kappa shape index (κ1) is 81.9. The minimum absolute atomic E-state index is 0.0327. The summed E-state index contributed by atoms with van der Waals surface area (Å²) in [7, 11) is 8.73. The summed E-state index contributed by atoms with van der Waals surface area (Å²) < 4.78 is 41.3. The van der Waals surface area contributed by atoms with E-state index < -0.39 is 167 Å². The molecule has 3 N–H and O–H groups in total. The van der Waals surface area contributed by atoms with Gasteiger partial charge < -0.3 is 60.0 Å². The van der Waals surface area contributed by atoms with Gasteiger partial charge in [0, 0.05) is 81.4 Å². The molecule has 0 bridgehead atoms. The Kier molecular flexibility index (Phi) is 30.5. The molecule has 12 amide bonds. The van der Waals surface area contributed by atoms with Gasteiger partial charge in [0.15, 0.2) is 0 Å². The van der Waals surface area contributed by atoms with Gasteiger partial charge in [0.05, 0.1) is 23.6 Å². The molecule has 4 saturated heterocycles. The second-order valence-electron chi connectivity index (χ2n) is 29.2. The van der Waals surface area contributed by atoms with Gasteiger partial charge in [-0.1, -0.05) is 104 Å². The van der Waals surface area contributed by atoms with Crippen molar-refractivity contribution in [2.45, 2.75) is 244 Å². The summed E-state index contributed by atoms with van der Waals surface area (Å²) >= 11 is 6.11. The average Bonchev–Trinajstić information content (AvgIpc) is 0.907. The smallest absolute Gasteiger partial charge is 0.354 e. The van der Waals surface area contributed by atoms with Crippen LogP contribution in [-0.2, 0) is 70.1 Å². The van der Waals surface area contributed by atoms with Crippen molar-refractivity contribution in [3.05, 3.63) is 34.3 Å². The van der Waals surface area contributed by atoms with Crippen LogP contribution in [0.25, 0.3) is 0 Å².